The van der Waals surface area contributed by atoms with Crippen molar-refractivity contribution in [3.05, 3.63) is 29.8 Å². The first-order chi connectivity index (χ1) is 15.9. The number of hydrogen-bond acceptors (Lipinski definition) is 7. The van der Waals surface area contributed by atoms with Crippen LogP contribution in [0, 0.1) is 0 Å². The van der Waals surface area contributed by atoms with Crippen molar-refractivity contribution in [3.63, 3.8) is 0 Å². The average molecular weight is 464 g/mol. The Morgan fingerprint density at radius 3 is 2.61 bits per heavy atom. The molecule has 2 atom stereocenters. The summed E-state index contributed by atoms with van der Waals surface area (Å²) in [6.45, 7) is 6.21. The van der Waals surface area contributed by atoms with E-state index in [9.17, 15) is 24.3 Å². The highest BCUT2D eigenvalue weighted by molar-refractivity contribution is 6.01. The zero-order valence-corrected chi connectivity index (χ0v) is 19.1. The lowest BCUT2D eigenvalue weighted by molar-refractivity contribution is -0.131. The van der Waals surface area contributed by atoms with Crippen LogP contribution in [-0.4, -0.2) is 91.7 Å². The summed E-state index contributed by atoms with van der Waals surface area (Å²) >= 11 is 0. The van der Waals surface area contributed by atoms with Crippen LogP contribution < -0.4 is 26.0 Å². The second-order valence-corrected chi connectivity index (χ2v) is 7.49. The number of benzene rings is 1. The van der Waals surface area contributed by atoms with Crippen molar-refractivity contribution in [2.24, 2.45) is 0 Å². The molecule has 11 heteroatoms. The molecule has 0 spiro atoms. The Morgan fingerprint density at radius 2 is 1.91 bits per heavy atom. The first-order valence-corrected chi connectivity index (χ1v) is 11.1. The zero-order chi connectivity index (χ0) is 24.2. The highest BCUT2D eigenvalue weighted by Gasteiger charge is 2.28. The van der Waals surface area contributed by atoms with Crippen LogP contribution in [0.1, 0.15) is 30.6 Å². The van der Waals surface area contributed by atoms with Crippen molar-refractivity contribution in [2.45, 2.75) is 32.4 Å². The summed E-state index contributed by atoms with van der Waals surface area (Å²) in [7, 11) is 0. The summed E-state index contributed by atoms with van der Waals surface area (Å²) in [4.78, 5) is 52.7. The number of para-hydroxylation sites is 1. The summed E-state index contributed by atoms with van der Waals surface area (Å²) in [5.74, 6) is -2.05. The van der Waals surface area contributed by atoms with Gasteiger partial charge in [-0.3, -0.25) is 19.2 Å². The molecule has 1 heterocycles. The Labute approximate surface area is 193 Å². The SMILES string of the molecule is CCN(CC)CCNC(=O)[C@@H]1CC(=O)N[C@@H](CO)C(=O)NCCOc2ccccc2C(=O)N1. The third-order valence-electron chi connectivity index (χ3n) is 5.26. The van der Waals surface area contributed by atoms with Crippen molar-refractivity contribution >= 4 is 23.6 Å². The molecule has 33 heavy (non-hydrogen) atoms. The maximum atomic E-state index is 12.9. The number of rotatable bonds is 7. The van der Waals surface area contributed by atoms with E-state index in [2.05, 4.69) is 26.2 Å². The third kappa shape index (κ3) is 8.03. The average Bonchev–Trinajstić information content (AvgIpc) is 2.82. The first kappa shape index (κ1) is 26.1. The summed E-state index contributed by atoms with van der Waals surface area (Å²) in [5, 5.41) is 19.8. The van der Waals surface area contributed by atoms with E-state index in [1.165, 1.54) is 0 Å². The first-order valence-electron chi connectivity index (χ1n) is 11.1. The number of ether oxygens (including phenoxy) is 1. The van der Waals surface area contributed by atoms with Gasteiger partial charge in [0.05, 0.1) is 25.1 Å². The van der Waals surface area contributed by atoms with Crippen molar-refractivity contribution in [1.29, 1.82) is 0 Å². The van der Waals surface area contributed by atoms with E-state index < -0.39 is 48.7 Å². The monoisotopic (exact) mass is 463 g/mol. The van der Waals surface area contributed by atoms with E-state index in [1.54, 1.807) is 24.3 Å². The number of nitrogens with one attached hydrogen (secondary N) is 4. The fourth-order valence-corrected chi connectivity index (χ4v) is 3.32. The number of likely N-dealkylation sites (N-methyl/N-ethyl adjacent to an activating group) is 1. The number of aliphatic hydroxyl groups excluding tert-OH is 1. The van der Waals surface area contributed by atoms with Crippen LogP contribution in [0.4, 0.5) is 0 Å². The topological polar surface area (TPSA) is 149 Å². The molecular formula is C22H33N5O6. The maximum absolute atomic E-state index is 12.9. The minimum Gasteiger partial charge on any atom is -0.491 e. The standard InChI is InChI=1S/C22H33N5O6/c1-3-27(4-2)11-9-23-21(31)16-13-19(29)25-17(14-28)22(32)24-10-12-33-18-8-6-5-7-15(18)20(30)26-16/h5-8,16-17,28H,3-4,9-14H2,1-2H3,(H,23,31)(H,24,32)(H,25,29)(H,26,30)/t16-,17-/m0/s1. The summed E-state index contributed by atoms with van der Waals surface area (Å²) < 4.78 is 5.62. The fourth-order valence-electron chi connectivity index (χ4n) is 3.32. The molecule has 0 fully saturated rings. The minimum atomic E-state index is -1.19. The number of aliphatic hydroxyl groups is 1. The van der Waals surface area contributed by atoms with Gasteiger partial charge < -0.3 is 36.0 Å². The number of carbonyl (C=O) groups excluding carboxylic acids is 4. The van der Waals surface area contributed by atoms with Gasteiger partial charge >= 0.3 is 0 Å². The molecule has 1 aromatic rings. The number of hydrogen-bond donors (Lipinski definition) is 5. The van der Waals surface area contributed by atoms with Crippen molar-refractivity contribution in [1.82, 2.24) is 26.2 Å². The van der Waals surface area contributed by atoms with Gasteiger partial charge in [0.15, 0.2) is 0 Å². The molecule has 0 saturated carbocycles. The summed E-state index contributed by atoms with van der Waals surface area (Å²) in [5.41, 5.74) is 0.204. The van der Waals surface area contributed by atoms with Crippen LogP contribution in [0.5, 0.6) is 5.75 Å². The second-order valence-electron chi connectivity index (χ2n) is 7.49. The van der Waals surface area contributed by atoms with Gasteiger partial charge in [-0.2, -0.15) is 0 Å². The number of amides is 4. The van der Waals surface area contributed by atoms with E-state index in [1.807, 2.05) is 13.8 Å². The Bertz CT molecular complexity index is 829. The van der Waals surface area contributed by atoms with Gasteiger partial charge in [0.1, 0.15) is 24.4 Å². The highest BCUT2D eigenvalue weighted by Crippen LogP contribution is 2.18. The smallest absolute Gasteiger partial charge is 0.255 e. The molecule has 0 bridgehead atoms. The van der Waals surface area contributed by atoms with E-state index in [-0.39, 0.29) is 24.5 Å². The second kappa shape index (κ2) is 13.4. The molecule has 0 aliphatic carbocycles. The quantitative estimate of drug-likeness (QED) is 0.335. The van der Waals surface area contributed by atoms with Gasteiger partial charge in [-0.15, -0.1) is 0 Å². The van der Waals surface area contributed by atoms with Crippen LogP contribution in [-0.2, 0) is 14.4 Å². The molecule has 11 nitrogen and oxygen atoms in total. The lowest BCUT2D eigenvalue weighted by Crippen LogP contribution is -2.54. The van der Waals surface area contributed by atoms with Crippen molar-refractivity contribution in [3.8, 4) is 5.75 Å². The molecule has 1 aliphatic rings. The molecule has 0 radical (unpaired) electrons. The fraction of sp³-hybridized carbons (Fsp3) is 0.545. The van der Waals surface area contributed by atoms with Gasteiger partial charge in [0.2, 0.25) is 17.7 Å². The van der Waals surface area contributed by atoms with E-state index >= 15 is 0 Å². The van der Waals surface area contributed by atoms with Gasteiger partial charge in [0.25, 0.3) is 5.91 Å². The van der Waals surface area contributed by atoms with Crippen molar-refractivity contribution < 1.29 is 29.0 Å². The van der Waals surface area contributed by atoms with Crippen LogP contribution in [0.3, 0.4) is 0 Å². The molecule has 182 valence electrons. The number of nitrogens with zero attached hydrogens (tertiary/aromatic N) is 1. The molecular weight excluding hydrogens is 430 g/mol. The van der Waals surface area contributed by atoms with E-state index in [4.69, 9.17) is 4.74 Å². The van der Waals surface area contributed by atoms with E-state index in [0.29, 0.717) is 13.1 Å². The molecule has 4 amide bonds. The molecule has 1 aromatic carbocycles. The summed E-state index contributed by atoms with van der Waals surface area (Å²) in [6.07, 6.45) is -0.407. The lowest BCUT2D eigenvalue weighted by Gasteiger charge is -2.23. The van der Waals surface area contributed by atoms with Gasteiger partial charge in [0, 0.05) is 13.1 Å². The van der Waals surface area contributed by atoms with Gasteiger partial charge in [-0.25, -0.2) is 0 Å². The van der Waals surface area contributed by atoms with Crippen LogP contribution in [0.15, 0.2) is 24.3 Å². The molecule has 2 rings (SSSR count). The lowest BCUT2D eigenvalue weighted by atomic mass is 10.1. The highest BCUT2D eigenvalue weighted by atomic mass is 16.5. The van der Waals surface area contributed by atoms with E-state index in [0.717, 1.165) is 13.1 Å². The Kier molecular flexibility index (Phi) is 10.6. The minimum absolute atomic E-state index is 0.0669. The molecule has 0 aromatic heterocycles. The predicted octanol–water partition coefficient (Wildman–Crippen LogP) is -1.38. The van der Waals surface area contributed by atoms with Crippen molar-refractivity contribution in [2.75, 3.05) is 45.9 Å². The Hall–Kier alpha value is -3.18. The number of carbonyl (C=O) groups is 4. The van der Waals surface area contributed by atoms with Gasteiger partial charge in [-0.1, -0.05) is 26.0 Å². The predicted molar refractivity (Wildman–Crippen MR) is 121 cm³/mol. The Morgan fingerprint density at radius 1 is 1.18 bits per heavy atom. The molecule has 1 aliphatic heterocycles. The Balaban J connectivity index is 2.22. The van der Waals surface area contributed by atoms with Gasteiger partial charge in [-0.05, 0) is 25.2 Å². The molecule has 5 N–H and O–H groups in total. The largest absolute Gasteiger partial charge is 0.491 e. The normalized spacial score (nSPS) is 19.9. The number of fused-ring (bicyclic) bond motifs is 1. The van der Waals surface area contributed by atoms with Crippen LogP contribution in [0.25, 0.3) is 0 Å². The molecule has 0 unspecified atom stereocenters. The van der Waals surface area contributed by atoms with Crippen LogP contribution in [0.2, 0.25) is 0 Å². The van der Waals surface area contributed by atoms with Crippen LogP contribution >= 0.6 is 0 Å². The maximum Gasteiger partial charge on any atom is 0.255 e. The summed E-state index contributed by atoms with van der Waals surface area (Å²) in [6, 6.07) is 4.13. The molecule has 0 saturated heterocycles. The third-order valence-corrected chi connectivity index (χ3v) is 5.26. The zero-order valence-electron chi connectivity index (χ0n) is 19.1.